The number of hydrogen-bond acceptors (Lipinski definition) is 2. The molecule has 1 aliphatic rings. The molecule has 1 aromatic heterocycles. The summed E-state index contributed by atoms with van der Waals surface area (Å²) in [6.07, 6.45) is 6.12. The van der Waals surface area contributed by atoms with Gasteiger partial charge in [-0.3, -0.25) is 0 Å². The van der Waals surface area contributed by atoms with Crippen molar-refractivity contribution in [3.05, 3.63) is 30.0 Å². The molecule has 0 bridgehead atoms. The molecular weight excluding hydrogens is 224 g/mol. The zero-order valence-corrected chi connectivity index (χ0v) is 11.1. The SMILES string of the molecule is COc1ccc2c(C3CCCCN3)cn(C)c2c1. The number of methoxy groups -OCH3 is 1. The summed E-state index contributed by atoms with van der Waals surface area (Å²) in [4.78, 5) is 0. The van der Waals surface area contributed by atoms with Gasteiger partial charge in [0.05, 0.1) is 12.6 Å². The first-order chi connectivity index (χ1) is 8.79. The van der Waals surface area contributed by atoms with E-state index in [1.165, 1.54) is 35.7 Å². The highest BCUT2D eigenvalue weighted by Crippen LogP contribution is 2.32. The van der Waals surface area contributed by atoms with Gasteiger partial charge in [-0.25, -0.2) is 0 Å². The molecule has 96 valence electrons. The van der Waals surface area contributed by atoms with Crippen molar-refractivity contribution in [2.45, 2.75) is 25.3 Å². The second-order valence-electron chi connectivity index (χ2n) is 5.08. The van der Waals surface area contributed by atoms with Crippen molar-refractivity contribution in [1.82, 2.24) is 9.88 Å². The summed E-state index contributed by atoms with van der Waals surface area (Å²) >= 11 is 0. The molecule has 1 atom stereocenters. The molecule has 0 radical (unpaired) electrons. The van der Waals surface area contributed by atoms with E-state index in [1.54, 1.807) is 7.11 Å². The monoisotopic (exact) mass is 244 g/mol. The first-order valence-electron chi connectivity index (χ1n) is 6.66. The second-order valence-corrected chi connectivity index (χ2v) is 5.08. The van der Waals surface area contributed by atoms with Gasteiger partial charge in [-0.2, -0.15) is 0 Å². The van der Waals surface area contributed by atoms with Gasteiger partial charge in [0.2, 0.25) is 0 Å². The van der Waals surface area contributed by atoms with Gasteiger partial charge in [0.15, 0.2) is 0 Å². The number of nitrogens with one attached hydrogen (secondary N) is 1. The van der Waals surface area contributed by atoms with E-state index in [0.29, 0.717) is 6.04 Å². The summed E-state index contributed by atoms with van der Waals surface area (Å²) < 4.78 is 7.50. The number of aryl methyl sites for hydroxylation is 1. The third kappa shape index (κ3) is 1.89. The predicted molar refractivity (Wildman–Crippen MR) is 74.1 cm³/mol. The molecule has 0 aliphatic carbocycles. The molecule has 3 nitrogen and oxygen atoms in total. The Balaban J connectivity index is 2.07. The van der Waals surface area contributed by atoms with Crippen LogP contribution in [0.25, 0.3) is 10.9 Å². The Morgan fingerprint density at radius 2 is 2.22 bits per heavy atom. The van der Waals surface area contributed by atoms with E-state index in [2.05, 4.69) is 41.3 Å². The number of fused-ring (bicyclic) bond motifs is 1. The number of hydrogen-bond donors (Lipinski definition) is 1. The number of benzene rings is 1. The molecule has 1 aromatic carbocycles. The fraction of sp³-hybridized carbons (Fsp3) is 0.467. The third-order valence-electron chi connectivity index (χ3n) is 3.91. The first kappa shape index (κ1) is 11.6. The molecule has 18 heavy (non-hydrogen) atoms. The molecule has 3 rings (SSSR count). The highest BCUT2D eigenvalue weighted by molar-refractivity contribution is 5.85. The number of aromatic nitrogens is 1. The molecule has 0 amide bonds. The van der Waals surface area contributed by atoms with Crippen LogP contribution in [0.1, 0.15) is 30.9 Å². The van der Waals surface area contributed by atoms with Crippen molar-refractivity contribution in [2.24, 2.45) is 7.05 Å². The summed E-state index contributed by atoms with van der Waals surface area (Å²) in [5.41, 5.74) is 2.67. The van der Waals surface area contributed by atoms with Crippen LogP contribution >= 0.6 is 0 Å². The highest BCUT2D eigenvalue weighted by Gasteiger charge is 2.19. The van der Waals surface area contributed by atoms with E-state index in [-0.39, 0.29) is 0 Å². The van der Waals surface area contributed by atoms with E-state index in [0.717, 1.165) is 12.3 Å². The van der Waals surface area contributed by atoms with E-state index >= 15 is 0 Å². The summed E-state index contributed by atoms with van der Waals surface area (Å²) in [5.74, 6) is 0.923. The van der Waals surface area contributed by atoms with Gasteiger partial charge in [-0.05, 0) is 37.1 Å². The van der Waals surface area contributed by atoms with Gasteiger partial charge in [-0.1, -0.05) is 6.42 Å². The lowest BCUT2D eigenvalue weighted by Gasteiger charge is -2.23. The Morgan fingerprint density at radius 3 is 2.94 bits per heavy atom. The van der Waals surface area contributed by atoms with Crippen LogP contribution in [0.4, 0.5) is 0 Å². The molecule has 3 heteroatoms. The predicted octanol–water partition coefficient (Wildman–Crippen LogP) is 3.00. The largest absolute Gasteiger partial charge is 0.497 e. The average molecular weight is 244 g/mol. The van der Waals surface area contributed by atoms with Crippen LogP contribution in [0.15, 0.2) is 24.4 Å². The molecule has 2 aromatic rings. The Hall–Kier alpha value is -1.48. The fourth-order valence-corrected chi connectivity index (χ4v) is 2.92. The lowest BCUT2D eigenvalue weighted by Crippen LogP contribution is -2.26. The van der Waals surface area contributed by atoms with Crippen LogP contribution in [-0.2, 0) is 7.05 Å². The normalized spacial score (nSPS) is 20.2. The smallest absolute Gasteiger partial charge is 0.120 e. The minimum absolute atomic E-state index is 0.510. The quantitative estimate of drug-likeness (QED) is 0.879. The molecule has 2 heterocycles. The molecule has 0 spiro atoms. The van der Waals surface area contributed by atoms with Crippen LogP contribution in [0, 0.1) is 0 Å². The van der Waals surface area contributed by atoms with Gasteiger partial charge in [-0.15, -0.1) is 0 Å². The van der Waals surface area contributed by atoms with Crippen LogP contribution < -0.4 is 10.1 Å². The maximum absolute atomic E-state index is 5.30. The van der Waals surface area contributed by atoms with Crippen LogP contribution in [0.3, 0.4) is 0 Å². The summed E-state index contributed by atoms with van der Waals surface area (Å²) in [6.45, 7) is 1.14. The summed E-state index contributed by atoms with van der Waals surface area (Å²) in [5, 5.41) is 4.97. The summed E-state index contributed by atoms with van der Waals surface area (Å²) in [6, 6.07) is 6.85. The van der Waals surface area contributed by atoms with Gasteiger partial charge in [0.1, 0.15) is 5.75 Å². The number of piperidine rings is 1. The maximum atomic E-state index is 5.30. The number of nitrogens with zero attached hydrogens (tertiary/aromatic N) is 1. The maximum Gasteiger partial charge on any atom is 0.120 e. The minimum atomic E-state index is 0.510. The van der Waals surface area contributed by atoms with Crippen LogP contribution in [0.5, 0.6) is 5.75 Å². The van der Waals surface area contributed by atoms with Crippen molar-refractivity contribution in [1.29, 1.82) is 0 Å². The standard InChI is InChI=1S/C15H20N2O/c1-17-10-13(14-5-3-4-8-16-14)12-7-6-11(18-2)9-15(12)17/h6-7,9-10,14,16H,3-5,8H2,1-2H3. The minimum Gasteiger partial charge on any atom is -0.497 e. The van der Waals surface area contributed by atoms with Crippen molar-refractivity contribution in [3.63, 3.8) is 0 Å². The molecule has 1 fully saturated rings. The lowest BCUT2D eigenvalue weighted by molar-refractivity contribution is 0.413. The van der Waals surface area contributed by atoms with E-state index in [4.69, 9.17) is 4.74 Å². The van der Waals surface area contributed by atoms with Gasteiger partial charge in [0, 0.05) is 30.7 Å². The van der Waals surface area contributed by atoms with Gasteiger partial charge >= 0.3 is 0 Å². The number of ether oxygens (including phenoxy) is 1. The van der Waals surface area contributed by atoms with Crippen molar-refractivity contribution in [2.75, 3.05) is 13.7 Å². The molecule has 1 unspecified atom stereocenters. The molecule has 1 N–H and O–H groups in total. The van der Waals surface area contributed by atoms with E-state index < -0.39 is 0 Å². The molecule has 1 saturated heterocycles. The molecule has 1 aliphatic heterocycles. The van der Waals surface area contributed by atoms with Gasteiger partial charge in [0.25, 0.3) is 0 Å². The Bertz CT molecular complexity index is 553. The van der Waals surface area contributed by atoms with Crippen molar-refractivity contribution < 1.29 is 4.74 Å². The first-order valence-corrected chi connectivity index (χ1v) is 6.66. The van der Waals surface area contributed by atoms with Crippen LogP contribution in [0.2, 0.25) is 0 Å². The second kappa shape index (κ2) is 4.65. The summed E-state index contributed by atoms with van der Waals surface area (Å²) in [7, 11) is 3.82. The van der Waals surface area contributed by atoms with Gasteiger partial charge < -0.3 is 14.6 Å². The Labute approximate surface area is 108 Å². The average Bonchev–Trinajstić information content (AvgIpc) is 2.77. The van der Waals surface area contributed by atoms with Crippen molar-refractivity contribution >= 4 is 10.9 Å². The van der Waals surface area contributed by atoms with E-state index in [1.807, 2.05) is 0 Å². The van der Waals surface area contributed by atoms with E-state index in [9.17, 15) is 0 Å². The Kier molecular flexibility index (Phi) is 3.00. The zero-order chi connectivity index (χ0) is 12.5. The fourth-order valence-electron chi connectivity index (χ4n) is 2.92. The topological polar surface area (TPSA) is 26.2 Å². The van der Waals surface area contributed by atoms with Crippen molar-refractivity contribution in [3.8, 4) is 5.75 Å². The lowest BCUT2D eigenvalue weighted by atomic mass is 9.97. The molecule has 0 saturated carbocycles. The number of rotatable bonds is 2. The third-order valence-corrected chi connectivity index (χ3v) is 3.91. The molecular formula is C15H20N2O. The highest BCUT2D eigenvalue weighted by atomic mass is 16.5. The Morgan fingerprint density at radius 1 is 1.33 bits per heavy atom. The zero-order valence-electron chi connectivity index (χ0n) is 11.1. The van der Waals surface area contributed by atoms with Crippen LogP contribution in [-0.4, -0.2) is 18.2 Å².